The Labute approximate surface area is 193 Å². The van der Waals surface area contributed by atoms with Gasteiger partial charge >= 0.3 is 0 Å². The fourth-order valence-corrected chi connectivity index (χ4v) is 4.35. The zero-order valence-corrected chi connectivity index (χ0v) is 18.1. The van der Waals surface area contributed by atoms with Crippen LogP contribution in [-0.2, 0) is 9.59 Å². The quantitative estimate of drug-likeness (QED) is 0.357. The molecule has 0 saturated carbocycles. The van der Waals surface area contributed by atoms with Gasteiger partial charge in [0.2, 0.25) is 6.79 Å². The first kappa shape index (κ1) is 20.2. The van der Waals surface area contributed by atoms with Gasteiger partial charge in [-0.1, -0.05) is 0 Å². The summed E-state index contributed by atoms with van der Waals surface area (Å²) in [6, 6.07) is 12.2. The first-order valence-electron chi connectivity index (χ1n) is 10.7. The SMILES string of the molecule is Cc1ccc(C2/C(=C(/O)c3ccc4c(c3)OCCO4)C(=O)C(=O)N2c2ccc3c(c2)OCO3)o1. The number of amides is 1. The number of hydrogen-bond acceptors (Lipinski definition) is 8. The van der Waals surface area contributed by atoms with Gasteiger partial charge in [0.05, 0.1) is 5.57 Å². The highest BCUT2D eigenvalue weighted by atomic mass is 16.7. The minimum Gasteiger partial charge on any atom is -0.507 e. The second-order valence-corrected chi connectivity index (χ2v) is 8.01. The van der Waals surface area contributed by atoms with E-state index in [4.69, 9.17) is 23.4 Å². The van der Waals surface area contributed by atoms with Crippen molar-refractivity contribution in [3.63, 3.8) is 0 Å². The van der Waals surface area contributed by atoms with Crippen molar-refractivity contribution >= 4 is 23.1 Å². The Morgan fingerprint density at radius 3 is 2.38 bits per heavy atom. The van der Waals surface area contributed by atoms with Crippen molar-refractivity contribution in [2.75, 3.05) is 24.9 Å². The molecule has 0 bridgehead atoms. The summed E-state index contributed by atoms with van der Waals surface area (Å²) in [5, 5.41) is 11.3. The number of benzene rings is 2. The molecule has 4 heterocycles. The summed E-state index contributed by atoms with van der Waals surface area (Å²) >= 11 is 0. The number of carbonyl (C=O) groups is 2. The van der Waals surface area contributed by atoms with Gasteiger partial charge in [-0.15, -0.1) is 0 Å². The molecule has 34 heavy (non-hydrogen) atoms. The Morgan fingerprint density at radius 1 is 0.882 bits per heavy atom. The second-order valence-electron chi connectivity index (χ2n) is 8.01. The normalized spacial score (nSPS) is 20.1. The lowest BCUT2D eigenvalue weighted by Crippen LogP contribution is -2.29. The van der Waals surface area contributed by atoms with Gasteiger partial charge in [-0.2, -0.15) is 0 Å². The van der Waals surface area contributed by atoms with Crippen molar-refractivity contribution in [3.8, 4) is 23.0 Å². The molecule has 172 valence electrons. The maximum absolute atomic E-state index is 13.3. The first-order valence-corrected chi connectivity index (χ1v) is 10.7. The minimum absolute atomic E-state index is 0.0720. The van der Waals surface area contributed by atoms with Crippen molar-refractivity contribution in [3.05, 3.63) is 71.2 Å². The van der Waals surface area contributed by atoms with Crippen molar-refractivity contribution in [2.45, 2.75) is 13.0 Å². The van der Waals surface area contributed by atoms with E-state index < -0.39 is 17.7 Å². The van der Waals surface area contributed by atoms with Crippen LogP contribution in [0.25, 0.3) is 5.76 Å². The Morgan fingerprint density at radius 2 is 1.59 bits per heavy atom. The lowest BCUT2D eigenvalue weighted by molar-refractivity contribution is -0.132. The standard InChI is InChI=1S/C25H19NO8/c1-13-2-5-18(34-13)22-21(23(27)14-3-6-16-19(10-14)31-9-8-30-16)24(28)25(29)26(22)15-4-7-17-20(11-15)33-12-32-17/h2-7,10-11,22,27H,8-9,12H2,1H3/b23-21-. The molecule has 9 heteroatoms. The predicted octanol–water partition coefficient (Wildman–Crippen LogP) is 3.71. The Hall–Kier alpha value is -4.40. The number of ketones is 1. The molecule has 1 unspecified atom stereocenters. The summed E-state index contributed by atoms with van der Waals surface area (Å²) < 4.78 is 27.8. The van der Waals surface area contributed by atoms with Crippen LogP contribution in [0.5, 0.6) is 23.0 Å². The molecule has 1 saturated heterocycles. The van der Waals surface area contributed by atoms with Gasteiger partial charge in [0.25, 0.3) is 11.7 Å². The average molecular weight is 461 g/mol. The van der Waals surface area contributed by atoms with E-state index in [1.807, 2.05) is 0 Å². The van der Waals surface area contributed by atoms with Crippen molar-refractivity contribution < 1.29 is 38.1 Å². The molecular weight excluding hydrogens is 442 g/mol. The molecule has 0 aliphatic carbocycles. The molecule has 3 aliphatic heterocycles. The predicted molar refractivity (Wildman–Crippen MR) is 118 cm³/mol. The van der Waals surface area contributed by atoms with Crippen LogP contribution >= 0.6 is 0 Å². The van der Waals surface area contributed by atoms with Gasteiger partial charge in [0.1, 0.15) is 36.5 Å². The molecule has 1 aromatic heterocycles. The van der Waals surface area contributed by atoms with Crippen molar-refractivity contribution in [2.24, 2.45) is 0 Å². The molecule has 2 aromatic carbocycles. The van der Waals surface area contributed by atoms with E-state index in [-0.39, 0.29) is 18.1 Å². The molecule has 3 aliphatic rings. The molecule has 1 fully saturated rings. The Bertz CT molecular complexity index is 1370. The number of aliphatic hydroxyl groups excluding tert-OH is 1. The Kier molecular flexibility index (Phi) is 4.51. The third kappa shape index (κ3) is 3.08. The number of hydrogen-bond donors (Lipinski definition) is 1. The number of rotatable bonds is 3. The molecule has 0 radical (unpaired) electrons. The van der Waals surface area contributed by atoms with Gasteiger partial charge in [-0.05, 0) is 49.4 Å². The van der Waals surface area contributed by atoms with Crippen LogP contribution < -0.4 is 23.8 Å². The number of furan rings is 1. The molecule has 3 aromatic rings. The van der Waals surface area contributed by atoms with Gasteiger partial charge in [-0.3, -0.25) is 14.5 Å². The van der Waals surface area contributed by atoms with Crippen LogP contribution in [0, 0.1) is 6.92 Å². The molecule has 1 N–H and O–H groups in total. The highest BCUT2D eigenvalue weighted by Crippen LogP contribution is 2.45. The smallest absolute Gasteiger partial charge is 0.300 e. The summed E-state index contributed by atoms with van der Waals surface area (Å²) in [4.78, 5) is 27.8. The zero-order valence-electron chi connectivity index (χ0n) is 18.1. The molecule has 0 spiro atoms. The number of fused-ring (bicyclic) bond motifs is 2. The number of anilines is 1. The third-order valence-electron chi connectivity index (χ3n) is 5.93. The topological polar surface area (TPSA) is 108 Å². The number of aryl methyl sites for hydroxylation is 1. The summed E-state index contributed by atoms with van der Waals surface area (Å²) in [7, 11) is 0. The fourth-order valence-electron chi connectivity index (χ4n) is 4.35. The average Bonchev–Trinajstić information content (AvgIpc) is 3.56. The summed E-state index contributed by atoms with van der Waals surface area (Å²) in [6.45, 7) is 2.63. The molecule has 6 rings (SSSR count). The summed E-state index contributed by atoms with van der Waals surface area (Å²) in [6.07, 6.45) is 0. The summed E-state index contributed by atoms with van der Waals surface area (Å²) in [5.41, 5.74) is 0.640. The van der Waals surface area contributed by atoms with E-state index in [1.54, 1.807) is 55.5 Å². The van der Waals surface area contributed by atoms with Crippen LogP contribution in [0.3, 0.4) is 0 Å². The van der Waals surface area contributed by atoms with Crippen LogP contribution in [0.4, 0.5) is 5.69 Å². The van der Waals surface area contributed by atoms with E-state index in [9.17, 15) is 14.7 Å². The lowest BCUT2D eigenvalue weighted by Gasteiger charge is -2.24. The van der Waals surface area contributed by atoms with E-state index in [0.29, 0.717) is 59.0 Å². The summed E-state index contributed by atoms with van der Waals surface area (Å²) in [5.74, 6) is 0.980. The lowest BCUT2D eigenvalue weighted by atomic mass is 9.99. The van der Waals surface area contributed by atoms with E-state index >= 15 is 0 Å². The first-order chi connectivity index (χ1) is 16.5. The van der Waals surface area contributed by atoms with Crippen LogP contribution in [-0.4, -0.2) is 36.8 Å². The number of nitrogens with zero attached hydrogens (tertiary/aromatic N) is 1. The highest BCUT2D eigenvalue weighted by molar-refractivity contribution is 6.51. The number of aliphatic hydroxyl groups is 1. The van der Waals surface area contributed by atoms with Gasteiger partial charge in [0.15, 0.2) is 23.0 Å². The van der Waals surface area contributed by atoms with Crippen LogP contribution in [0.2, 0.25) is 0 Å². The fraction of sp³-hybridized carbons (Fsp3) is 0.200. The van der Waals surface area contributed by atoms with Crippen molar-refractivity contribution in [1.82, 2.24) is 0 Å². The highest BCUT2D eigenvalue weighted by Gasteiger charge is 2.48. The Balaban J connectivity index is 1.51. The largest absolute Gasteiger partial charge is 0.507 e. The van der Waals surface area contributed by atoms with Gasteiger partial charge in [-0.25, -0.2) is 0 Å². The minimum atomic E-state index is -0.984. The van der Waals surface area contributed by atoms with Crippen molar-refractivity contribution in [1.29, 1.82) is 0 Å². The van der Waals surface area contributed by atoms with Gasteiger partial charge < -0.3 is 28.5 Å². The monoisotopic (exact) mass is 461 g/mol. The second kappa shape index (κ2) is 7.58. The maximum atomic E-state index is 13.3. The molecule has 9 nitrogen and oxygen atoms in total. The van der Waals surface area contributed by atoms with E-state index in [1.165, 1.54) is 4.90 Å². The van der Waals surface area contributed by atoms with E-state index in [0.717, 1.165) is 0 Å². The molecule has 1 atom stereocenters. The number of carbonyl (C=O) groups excluding carboxylic acids is 2. The zero-order chi connectivity index (χ0) is 23.4. The third-order valence-corrected chi connectivity index (χ3v) is 5.93. The van der Waals surface area contributed by atoms with Gasteiger partial charge in [0, 0.05) is 17.3 Å². The number of ether oxygens (including phenoxy) is 4. The molecule has 1 amide bonds. The van der Waals surface area contributed by atoms with Crippen LogP contribution in [0.1, 0.15) is 23.1 Å². The maximum Gasteiger partial charge on any atom is 0.300 e. The van der Waals surface area contributed by atoms with E-state index in [2.05, 4.69) is 0 Å². The number of Topliss-reactive ketones (excluding diaryl/α,β-unsaturated/α-hetero) is 1. The van der Waals surface area contributed by atoms with Crippen LogP contribution in [0.15, 0.2) is 58.5 Å². The molecular formula is C25H19NO8.